The Bertz CT molecular complexity index is 486. The minimum atomic E-state index is -0.590. The molecule has 0 unspecified atom stereocenters. The molecular weight excluding hydrogens is 265 g/mol. The molecule has 0 aliphatic carbocycles. The van der Waals surface area contributed by atoms with Crippen molar-refractivity contribution in [1.82, 2.24) is 4.90 Å². The van der Waals surface area contributed by atoms with Crippen LogP contribution in [0.4, 0.5) is 9.18 Å². The predicted molar refractivity (Wildman–Crippen MR) is 69.4 cm³/mol. The van der Waals surface area contributed by atoms with Crippen molar-refractivity contribution in [2.75, 3.05) is 26.3 Å². The van der Waals surface area contributed by atoms with Gasteiger partial charge in [0.05, 0.1) is 5.56 Å². The van der Waals surface area contributed by atoms with Crippen LogP contribution < -0.4 is 4.74 Å². The maximum Gasteiger partial charge on any atom is 0.409 e. The number of halogens is 1. The molecule has 1 aliphatic rings. The van der Waals surface area contributed by atoms with Crippen LogP contribution in [0.15, 0.2) is 18.2 Å². The van der Waals surface area contributed by atoms with Gasteiger partial charge in [-0.2, -0.15) is 0 Å². The van der Waals surface area contributed by atoms with Gasteiger partial charge in [-0.05, 0) is 31.0 Å². The van der Waals surface area contributed by atoms with Gasteiger partial charge in [0, 0.05) is 13.1 Å². The molecular formula is C14H16FNO4. The third-order valence-corrected chi connectivity index (χ3v) is 3.04. The fourth-order valence-electron chi connectivity index (χ4n) is 1.98. The quantitative estimate of drug-likeness (QED) is 0.613. The lowest BCUT2D eigenvalue weighted by atomic mass is 10.2. The summed E-state index contributed by atoms with van der Waals surface area (Å²) in [5, 5.41) is 0. The second-order valence-electron chi connectivity index (χ2n) is 4.46. The van der Waals surface area contributed by atoms with E-state index < -0.39 is 5.82 Å². The molecule has 108 valence electrons. The highest BCUT2D eigenvalue weighted by atomic mass is 19.1. The lowest BCUT2D eigenvalue weighted by Crippen LogP contribution is -2.29. The molecule has 0 saturated carbocycles. The molecule has 1 aliphatic heterocycles. The zero-order chi connectivity index (χ0) is 14.4. The van der Waals surface area contributed by atoms with Crippen molar-refractivity contribution in [3.05, 3.63) is 29.6 Å². The van der Waals surface area contributed by atoms with Gasteiger partial charge in [0.15, 0.2) is 6.29 Å². The molecule has 0 N–H and O–H groups in total. The average Bonchev–Trinajstić information content (AvgIpc) is 2.99. The lowest BCUT2D eigenvalue weighted by molar-refractivity contribution is 0.0950. The smallest absolute Gasteiger partial charge is 0.409 e. The van der Waals surface area contributed by atoms with Crippen LogP contribution in [0.5, 0.6) is 5.75 Å². The monoisotopic (exact) mass is 281 g/mol. The zero-order valence-electron chi connectivity index (χ0n) is 11.0. The first kappa shape index (κ1) is 14.3. The van der Waals surface area contributed by atoms with Gasteiger partial charge in [-0.3, -0.25) is 4.79 Å². The first-order valence-electron chi connectivity index (χ1n) is 6.50. The van der Waals surface area contributed by atoms with E-state index in [9.17, 15) is 14.0 Å². The van der Waals surface area contributed by atoms with E-state index in [2.05, 4.69) is 0 Å². The van der Waals surface area contributed by atoms with Gasteiger partial charge in [-0.15, -0.1) is 0 Å². The second-order valence-corrected chi connectivity index (χ2v) is 4.46. The van der Waals surface area contributed by atoms with E-state index >= 15 is 0 Å². The first-order chi connectivity index (χ1) is 9.70. The van der Waals surface area contributed by atoms with E-state index in [1.54, 1.807) is 4.90 Å². The Kier molecular flexibility index (Phi) is 4.92. The zero-order valence-corrected chi connectivity index (χ0v) is 11.0. The van der Waals surface area contributed by atoms with Crippen LogP contribution in [0.3, 0.4) is 0 Å². The Morgan fingerprint density at radius 1 is 1.30 bits per heavy atom. The summed E-state index contributed by atoms with van der Waals surface area (Å²) in [6.45, 7) is 1.74. The topological polar surface area (TPSA) is 55.8 Å². The van der Waals surface area contributed by atoms with Crippen molar-refractivity contribution in [2.45, 2.75) is 12.8 Å². The second kappa shape index (κ2) is 6.88. The maximum atomic E-state index is 13.1. The van der Waals surface area contributed by atoms with E-state index in [-0.39, 0.29) is 24.9 Å². The molecule has 1 heterocycles. The molecule has 6 heteroatoms. The number of hydrogen-bond donors (Lipinski definition) is 0. The normalized spacial score (nSPS) is 14.2. The van der Waals surface area contributed by atoms with Crippen LogP contribution in [-0.2, 0) is 4.74 Å². The van der Waals surface area contributed by atoms with Crippen LogP contribution >= 0.6 is 0 Å². The SMILES string of the molecule is O=Cc1cc(OCCOC(=O)N2CCCC2)ccc1F. The standard InChI is InChI=1S/C14H16FNO4/c15-13-4-3-12(9-11(13)10-17)19-7-8-20-14(18)16-5-1-2-6-16/h3-4,9-10H,1-2,5-8H2. The van der Waals surface area contributed by atoms with E-state index in [0.29, 0.717) is 12.0 Å². The van der Waals surface area contributed by atoms with E-state index in [4.69, 9.17) is 9.47 Å². The molecule has 0 radical (unpaired) electrons. The molecule has 1 saturated heterocycles. The van der Waals surface area contributed by atoms with Crippen molar-refractivity contribution < 1.29 is 23.5 Å². The summed E-state index contributed by atoms with van der Waals surface area (Å²) in [4.78, 5) is 23.8. The summed E-state index contributed by atoms with van der Waals surface area (Å²) >= 11 is 0. The van der Waals surface area contributed by atoms with E-state index in [0.717, 1.165) is 32.0 Å². The summed E-state index contributed by atoms with van der Waals surface area (Å²) in [5.74, 6) is -0.224. The third kappa shape index (κ3) is 3.69. The van der Waals surface area contributed by atoms with Crippen molar-refractivity contribution >= 4 is 12.4 Å². The number of carbonyl (C=O) groups excluding carboxylic acids is 2. The highest BCUT2D eigenvalue weighted by Gasteiger charge is 2.18. The van der Waals surface area contributed by atoms with Gasteiger partial charge >= 0.3 is 6.09 Å². The molecule has 1 amide bonds. The van der Waals surface area contributed by atoms with Crippen LogP contribution in [0.25, 0.3) is 0 Å². The molecule has 0 aromatic heterocycles. The van der Waals surface area contributed by atoms with Crippen molar-refractivity contribution in [3.8, 4) is 5.75 Å². The lowest BCUT2D eigenvalue weighted by Gasteiger charge is -2.15. The highest BCUT2D eigenvalue weighted by molar-refractivity contribution is 5.75. The van der Waals surface area contributed by atoms with Crippen molar-refractivity contribution in [1.29, 1.82) is 0 Å². The number of rotatable bonds is 5. The number of benzene rings is 1. The third-order valence-electron chi connectivity index (χ3n) is 3.04. The molecule has 0 spiro atoms. The number of carbonyl (C=O) groups is 2. The van der Waals surface area contributed by atoms with Gasteiger partial charge < -0.3 is 14.4 Å². The van der Waals surface area contributed by atoms with Gasteiger partial charge in [-0.1, -0.05) is 0 Å². The molecule has 1 fully saturated rings. The predicted octanol–water partition coefficient (Wildman–Crippen LogP) is 2.25. The summed E-state index contributed by atoms with van der Waals surface area (Å²) < 4.78 is 23.4. The van der Waals surface area contributed by atoms with Crippen molar-refractivity contribution in [2.24, 2.45) is 0 Å². The highest BCUT2D eigenvalue weighted by Crippen LogP contribution is 2.15. The van der Waals surface area contributed by atoms with Crippen LogP contribution in [0.1, 0.15) is 23.2 Å². The van der Waals surface area contributed by atoms with Crippen LogP contribution in [-0.4, -0.2) is 43.6 Å². The van der Waals surface area contributed by atoms with E-state index in [1.165, 1.54) is 12.1 Å². The summed E-state index contributed by atoms with van der Waals surface area (Å²) in [7, 11) is 0. The maximum absolute atomic E-state index is 13.1. The number of aldehydes is 1. The number of amides is 1. The molecule has 20 heavy (non-hydrogen) atoms. The minimum Gasteiger partial charge on any atom is -0.490 e. The van der Waals surface area contributed by atoms with Crippen LogP contribution in [0.2, 0.25) is 0 Å². The van der Waals surface area contributed by atoms with Gasteiger partial charge in [0.2, 0.25) is 0 Å². The van der Waals surface area contributed by atoms with Crippen molar-refractivity contribution in [3.63, 3.8) is 0 Å². The largest absolute Gasteiger partial charge is 0.490 e. The number of nitrogens with zero attached hydrogens (tertiary/aromatic N) is 1. The van der Waals surface area contributed by atoms with Gasteiger partial charge in [0.25, 0.3) is 0 Å². The fraction of sp³-hybridized carbons (Fsp3) is 0.429. The molecule has 1 aromatic rings. The molecule has 2 rings (SSSR count). The molecule has 5 nitrogen and oxygen atoms in total. The minimum absolute atomic E-state index is 0.0587. The average molecular weight is 281 g/mol. The first-order valence-corrected chi connectivity index (χ1v) is 6.50. The Labute approximate surface area is 116 Å². The van der Waals surface area contributed by atoms with Gasteiger partial charge in [-0.25, -0.2) is 9.18 Å². The number of ether oxygens (including phenoxy) is 2. The summed E-state index contributed by atoms with van der Waals surface area (Å²) in [6, 6.07) is 3.89. The Balaban J connectivity index is 1.73. The van der Waals surface area contributed by atoms with Gasteiger partial charge in [0.1, 0.15) is 24.8 Å². The summed E-state index contributed by atoms with van der Waals surface area (Å²) in [5.41, 5.74) is -0.0587. The molecule has 0 bridgehead atoms. The van der Waals surface area contributed by atoms with E-state index in [1.807, 2.05) is 0 Å². The Morgan fingerprint density at radius 3 is 2.75 bits per heavy atom. The molecule has 0 atom stereocenters. The van der Waals surface area contributed by atoms with Crippen LogP contribution in [0, 0.1) is 5.82 Å². The number of hydrogen-bond acceptors (Lipinski definition) is 4. The summed E-state index contributed by atoms with van der Waals surface area (Å²) in [6.07, 6.45) is 2.11. The Morgan fingerprint density at radius 2 is 2.05 bits per heavy atom. The fourth-order valence-corrected chi connectivity index (χ4v) is 1.98. The Hall–Kier alpha value is -2.11. The number of likely N-dealkylation sites (tertiary alicyclic amines) is 1. The molecule has 1 aromatic carbocycles.